The topological polar surface area (TPSA) is 83.6 Å². The van der Waals surface area contributed by atoms with Gasteiger partial charge in [0, 0.05) is 31.7 Å². The number of fused-ring (bicyclic) bond motifs is 1. The molecule has 26 heavy (non-hydrogen) atoms. The SMILES string of the molecule is CNC(=O)CNC(=O)OCC1CCN(c2nccc3ccccc23)CC1. The first-order valence-electron chi connectivity index (χ1n) is 8.87. The number of benzene rings is 1. The van der Waals surface area contributed by atoms with Crippen LogP contribution in [0.2, 0.25) is 0 Å². The number of amides is 2. The molecule has 1 saturated heterocycles. The number of nitrogens with one attached hydrogen (secondary N) is 2. The fraction of sp³-hybridized carbons (Fsp3) is 0.421. The van der Waals surface area contributed by atoms with Gasteiger partial charge in [0.05, 0.1) is 13.2 Å². The largest absolute Gasteiger partial charge is 0.449 e. The molecule has 0 aliphatic carbocycles. The molecule has 1 aliphatic heterocycles. The van der Waals surface area contributed by atoms with Gasteiger partial charge in [-0.05, 0) is 30.2 Å². The molecular formula is C19H24N4O3. The van der Waals surface area contributed by atoms with E-state index in [2.05, 4.69) is 32.7 Å². The number of ether oxygens (including phenoxy) is 1. The van der Waals surface area contributed by atoms with E-state index >= 15 is 0 Å². The first-order chi connectivity index (χ1) is 12.7. The predicted molar refractivity (Wildman–Crippen MR) is 100 cm³/mol. The summed E-state index contributed by atoms with van der Waals surface area (Å²) in [6.07, 6.45) is 3.18. The molecule has 0 unspecified atom stereocenters. The molecule has 2 aromatic rings. The zero-order chi connectivity index (χ0) is 18.4. The van der Waals surface area contributed by atoms with Gasteiger partial charge in [-0.3, -0.25) is 4.79 Å². The van der Waals surface area contributed by atoms with E-state index in [1.807, 2.05) is 24.4 Å². The average molecular weight is 356 g/mol. The van der Waals surface area contributed by atoms with Crippen LogP contribution in [-0.2, 0) is 9.53 Å². The fourth-order valence-corrected chi connectivity index (χ4v) is 3.15. The maximum atomic E-state index is 11.6. The van der Waals surface area contributed by atoms with Gasteiger partial charge in [0.15, 0.2) is 0 Å². The monoisotopic (exact) mass is 356 g/mol. The molecule has 0 radical (unpaired) electrons. The van der Waals surface area contributed by atoms with Gasteiger partial charge in [0.25, 0.3) is 0 Å². The van der Waals surface area contributed by atoms with Crippen LogP contribution in [0.5, 0.6) is 0 Å². The maximum absolute atomic E-state index is 11.6. The van der Waals surface area contributed by atoms with Crippen LogP contribution in [0, 0.1) is 5.92 Å². The van der Waals surface area contributed by atoms with E-state index in [4.69, 9.17) is 4.74 Å². The number of aromatic nitrogens is 1. The van der Waals surface area contributed by atoms with Crippen molar-refractivity contribution in [3.63, 3.8) is 0 Å². The van der Waals surface area contributed by atoms with Crippen LogP contribution in [0.3, 0.4) is 0 Å². The summed E-state index contributed by atoms with van der Waals surface area (Å²) in [7, 11) is 1.52. The summed E-state index contributed by atoms with van der Waals surface area (Å²) >= 11 is 0. The Morgan fingerprint density at radius 2 is 2.00 bits per heavy atom. The molecule has 138 valence electrons. The highest BCUT2D eigenvalue weighted by Crippen LogP contribution is 2.28. The molecule has 0 saturated carbocycles. The van der Waals surface area contributed by atoms with Crippen LogP contribution in [-0.4, -0.2) is 50.3 Å². The van der Waals surface area contributed by atoms with Gasteiger partial charge >= 0.3 is 6.09 Å². The van der Waals surface area contributed by atoms with Crippen molar-refractivity contribution in [2.75, 3.05) is 38.2 Å². The summed E-state index contributed by atoms with van der Waals surface area (Å²) in [6, 6.07) is 10.3. The molecule has 7 heteroatoms. The first-order valence-corrected chi connectivity index (χ1v) is 8.87. The number of pyridine rings is 1. The molecule has 0 spiro atoms. The Labute approximate surface area is 152 Å². The highest BCUT2D eigenvalue weighted by atomic mass is 16.5. The summed E-state index contributed by atoms with van der Waals surface area (Å²) in [5, 5.41) is 7.23. The molecular weight excluding hydrogens is 332 g/mol. The van der Waals surface area contributed by atoms with Crippen LogP contribution in [0.15, 0.2) is 36.5 Å². The molecule has 0 atom stereocenters. The lowest BCUT2D eigenvalue weighted by Crippen LogP contribution is -2.38. The van der Waals surface area contributed by atoms with Crippen molar-refractivity contribution in [1.29, 1.82) is 0 Å². The molecule has 1 aromatic carbocycles. The fourth-order valence-electron chi connectivity index (χ4n) is 3.15. The highest BCUT2D eigenvalue weighted by molar-refractivity contribution is 5.92. The number of nitrogens with zero attached hydrogens (tertiary/aromatic N) is 2. The second-order valence-corrected chi connectivity index (χ2v) is 6.41. The zero-order valence-electron chi connectivity index (χ0n) is 14.9. The normalized spacial score (nSPS) is 14.9. The van der Waals surface area contributed by atoms with Gasteiger partial charge in [-0.25, -0.2) is 9.78 Å². The summed E-state index contributed by atoms with van der Waals surface area (Å²) in [6.45, 7) is 2.07. The van der Waals surface area contributed by atoms with E-state index < -0.39 is 6.09 Å². The van der Waals surface area contributed by atoms with E-state index in [0.29, 0.717) is 12.5 Å². The third kappa shape index (κ3) is 4.41. The van der Waals surface area contributed by atoms with Crippen molar-refractivity contribution < 1.29 is 14.3 Å². The van der Waals surface area contributed by atoms with Gasteiger partial charge < -0.3 is 20.3 Å². The van der Waals surface area contributed by atoms with Crippen LogP contribution in [0.1, 0.15) is 12.8 Å². The molecule has 1 fully saturated rings. The van der Waals surface area contributed by atoms with E-state index in [9.17, 15) is 9.59 Å². The Kier molecular flexibility index (Phi) is 5.88. The Hall–Kier alpha value is -2.83. The molecule has 1 aliphatic rings. The number of alkyl carbamates (subject to hydrolysis) is 1. The quantitative estimate of drug-likeness (QED) is 0.855. The van der Waals surface area contributed by atoms with Crippen LogP contribution < -0.4 is 15.5 Å². The van der Waals surface area contributed by atoms with Gasteiger partial charge in [-0.1, -0.05) is 24.3 Å². The predicted octanol–water partition coefficient (Wildman–Crippen LogP) is 1.92. The minimum absolute atomic E-state index is 0.0689. The van der Waals surface area contributed by atoms with Gasteiger partial charge in [0.2, 0.25) is 5.91 Å². The van der Waals surface area contributed by atoms with E-state index in [0.717, 1.165) is 31.7 Å². The van der Waals surface area contributed by atoms with Crippen molar-refractivity contribution in [2.24, 2.45) is 5.92 Å². The number of carbonyl (C=O) groups is 2. The molecule has 0 bridgehead atoms. The Morgan fingerprint density at radius 1 is 1.23 bits per heavy atom. The van der Waals surface area contributed by atoms with Crippen molar-refractivity contribution in [2.45, 2.75) is 12.8 Å². The van der Waals surface area contributed by atoms with E-state index in [1.165, 1.54) is 17.8 Å². The second-order valence-electron chi connectivity index (χ2n) is 6.41. The van der Waals surface area contributed by atoms with E-state index in [1.54, 1.807) is 0 Å². The Bertz CT molecular complexity index is 767. The van der Waals surface area contributed by atoms with Crippen LogP contribution in [0.4, 0.5) is 10.6 Å². The van der Waals surface area contributed by atoms with Gasteiger partial charge in [-0.2, -0.15) is 0 Å². The number of likely N-dealkylation sites (N-methyl/N-ethyl adjacent to an activating group) is 1. The number of piperidine rings is 1. The summed E-state index contributed by atoms with van der Waals surface area (Å²) in [5.41, 5.74) is 0. The van der Waals surface area contributed by atoms with Crippen molar-refractivity contribution in [3.05, 3.63) is 36.5 Å². The molecule has 3 rings (SSSR count). The average Bonchev–Trinajstić information content (AvgIpc) is 2.70. The van der Waals surface area contributed by atoms with E-state index in [-0.39, 0.29) is 12.5 Å². The number of anilines is 1. The zero-order valence-corrected chi connectivity index (χ0v) is 14.9. The lowest BCUT2D eigenvalue weighted by molar-refractivity contribution is -0.119. The third-order valence-corrected chi connectivity index (χ3v) is 4.69. The number of carbonyl (C=O) groups excluding carboxylic acids is 2. The van der Waals surface area contributed by atoms with Crippen molar-refractivity contribution >= 4 is 28.6 Å². The van der Waals surface area contributed by atoms with Crippen LogP contribution >= 0.6 is 0 Å². The molecule has 2 heterocycles. The van der Waals surface area contributed by atoms with Crippen molar-refractivity contribution in [3.8, 4) is 0 Å². The Balaban J connectivity index is 1.48. The standard InChI is InChI=1S/C19H24N4O3/c1-20-17(24)12-22-19(25)26-13-14-7-10-23(11-8-14)18-16-5-3-2-4-15(16)6-9-21-18/h2-6,9,14H,7-8,10-13H2,1H3,(H,20,24)(H,22,25). The summed E-state index contributed by atoms with van der Waals surface area (Å²) in [5.74, 6) is 1.09. The molecule has 2 N–H and O–H groups in total. The first kappa shape index (κ1) is 18.0. The van der Waals surface area contributed by atoms with Gasteiger partial charge in [-0.15, -0.1) is 0 Å². The summed E-state index contributed by atoms with van der Waals surface area (Å²) < 4.78 is 5.22. The van der Waals surface area contributed by atoms with Gasteiger partial charge in [0.1, 0.15) is 5.82 Å². The number of hydrogen-bond acceptors (Lipinski definition) is 5. The molecule has 2 amide bonds. The second kappa shape index (κ2) is 8.51. The molecule has 7 nitrogen and oxygen atoms in total. The minimum atomic E-state index is -0.549. The lowest BCUT2D eigenvalue weighted by Gasteiger charge is -2.33. The minimum Gasteiger partial charge on any atom is -0.449 e. The Morgan fingerprint density at radius 3 is 2.77 bits per heavy atom. The number of hydrogen-bond donors (Lipinski definition) is 2. The number of rotatable bonds is 5. The third-order valence-electron chi connectivity index (χ3n) is 4.69. The highest BCUT2D eigenvalue weighted by Gasteiger charge is 2.22. The van der Waals surface area contributed by atoms with Crippen LogP contribution in [0.25, 0.3) is 10.8 Å². The summed E-state index contributed by atoms with van der Waals surface area (Å²) in [4.78, 5) is 29.6. The maximum Gasteiger partial charge on any atom is 0.407 e. The molecule has 1 aromatic heterocycles. The smallest absolute Gasteiger partial charge is 0.407 e. The lowest BCUT2D eigenvalue weighted by atomic mass is 9.97. The van der Waals surface area contributed by atoms with Crippen molar-refractivity contribution in [1.82, 2.24) is 15.6 Å².